The molecule has 0 saturated carbocycles. The summed E-state index contributed by atoms with van der Waals surface area (Å²) in [5.74, 6) is 0.431. The molecule has 1 aliphatic heterocycles. The molecule has 1 rings (SSSR count). The minimum absolute atomic E-state index is 0.197. The van der Waals surface area contributed by atoms with E-state index in [-0.39, 0.29) is 11.8 Å². The maximum atomic E-state index is 11.6. The summed E-state index contributed by atoms with van der Waals surface area (Å²) in [7, 11) is 0. The Bertz CT molecular complexity index is 174. The average molecular weight is 198 g/mol. The van der Waals surface area contributed by atoms with Crippen LogP contribution in [0.3, 0.4) is 0 Å². The van der Waals surface area contributed by atoms with Crippen molar-refractivity contribution in [3.8, 4) is 0 Å². The zero-order chi connectivity index (χ0) is 10.4. The van der Waals surface area contributed by atoms with E-state index < -0.39 is 0 Å². The van der Waals surface area contributed by atoms with Gasteiger partial charge in [0.15, 0.2) is 0 Å². The van der Waals surface area contributed by atoms with Gasteiger partial charge in [-0.25, -0.2) is 0 Å². The standard InChI is InChI=1S/C11H22N2O/c1-3-4-7-12-11(14)10-6-5-9(2)13-8-10/h9-10,13H,3-8H2,1-2H3,(H,12,14)/t9-,10-/m1/s1. The summed E-state index contributed by atoms with van der Waals surface area (Å²) in [6.07, 6.45) is 4.38. The third-order valence-corrected chi connectivity index (χ3v) is 2.86. The van der Waals surface area contributed by atoms with Gasteiger partial charge in [-0.2, -0.15) is 0 Å². The van der Waals surface area contributed by atoms with Gasteiger partial charge < -0.3 is 10.6 Å². The van der Waals surface area contributed by atoms with Crippen LogP contribution in [0, 0.1) is 5.92 Å². The van der Waals surface area contributed by atoms with Crippen molar-refractivity contribution in [1.82, 2.24) is 10.6 Å². The van der Waals surface area contributed by atoms with E-state index in [1.54, 1.807) is 0 Å². The normalized spacial score (nSPS) is 27.3. The lowest BCUT2D eigenvalue weighted by molar-refractivity contribution is -0.125. The zero-order valence-corrected chi connectivity index (χ0v) is 9.31. The lowest BCUT2D eigenvalue weighted by atomic mass is 9.95. The van der Waals surface area contributed by atoms with Crippen molar-refractivity contribution < 1.29 is 4.79 Å². The van der Waals surface area contributed by atoms with Gasteiger partial charge in [-0.3, -0.25) is 4.79 Å². The van der Waals surface area contributed by atoms with Crippen molar-refractivity contribution in [2.24, 2.45) is 5.92 Å². The Morgan fingerprint density at radius 2 is 2.29 bits per heavy atom. The predicted octanol–water partition coefficient (Wildman–Crippen LogP) is 1.29. The molecule has 1 aliphatic rings. The Morgan fingerprint density at radius 1 is 1.50 bits per heavy atom. The molecule has 14 heavy (non-hydrogen) atoms. The maximum absolute atomic E-state index is 11.6. The molecule has 2 atom stereocenters. The molecule has 0 aliphatic carbocycles. The molecular weight excluding hydrogens is 176 g/mol. The van der Waals surface area contributed by atoms with Gasteiger partial charge in [-0.05, 0) is 26.2 Å². The van der Waals surface area contributed by atoms with Gasteiger partial charge in [0.05, 0.1) is 5.92 Å². The first-order valence-electron chi connectivity index (χ1n) is 5.75. The average Bonchev–Trinajstić information content (AvgIpc) is 2.19. The van der Waals surface area contributed by atoms with Crippen LogP contribution in [-0.4, -0.2) is 25.0 Å². The Morgan fingerprint density at radius 3 is 2.86 bits per heavy atom. The van der Waals surface area contributed by atoms with Gasteiger partial charge in [0.25, 0.3) is 0 Å². The van der Waals surface area contributed by atoms with Gasteiger partial charge in [0, 0.05) is 19.1 Å². The van der Waals surface area contributed by atoms with Gasteiger partial charge in [0.1, 0.15) is 0 Å². The van der Waals surface area contributed by atoms with Crippen LogP contribution in [0.4, 0.5) is 0 Å². The molecule has 3 nitrogen and oxygen atoms in total. The van der Waals surface area contributed by atoms with Crippen molar-refractivity contribution in [1.29, 1.82) is 0 Å². The van der Waals surface area contributed by atoms with Crippen LogP contribution in [0.1, 0.15) is 39.5 Å². The Kier molecular flexibility index (Phi) is 4.94. The molecule has 1 fully saturated rings. The van der Waals surface area contributed by atoms with Crippen LogP contribution in [0.5, 0.6) is 0 Å². The lowest BCUT2D eigenvalue weighted by Crippen LogP contribution is -2.44. The summed E-state index contributed by atoms with van der Waals surface area (Å²) >= 11 is 0. The Balaban J connectivity index is 2.17. The van der Waals surface area contributed by atoms with Gasteiger partial charge >= 0.3 is 0 Å². The van der Waals surface area contributed by atoms with Crippen molar-refractivity contribution in [3.05, 3.63) is 0 Å². The monoisotopic (exact) mass is 198 g/mol. The highest BCUT2D eigenvalue weighted by molar-refractivity contribution is 5.78. The fraction of sp³-hybridized carbons (Fsp3) is 0.909. The van der Waals surface area contributed by atoms with Crippen LogP contribution in [0.2, 0.25) is 0 Å². The number of rotatable bonds is 4. The van der Waals surface area contributed by atoms with Gasteiger partial charge in [-0.15, -0.1) is 0 Å². The maximum Gasteiger partial charge on any atom is 0.224 e. The molecule has 1 heterocycles. The number of carbonyl (C=O) groups excluding carboxylic acids is 1. The molecular formula is C11H22N2O. The second kappa shape index (κ2) is 6.02. The molecule has 0 aromatic carbocycles. The van der Waals surface area contributed by atoms with Crippen LogP contribution in [0.25, 0.3) is 0 Å². The predicted molar refractivity (Wildman–Crippen MR) is 58.1 cm³/mol. The van der Waals surface area contributed by atoms with Crippen LogP contribution in [0.15, 0.2) is 0 Å². The SMILES string of the molecule is CCCCNC(=O)[C@@H]1CC[C@@H](C)NC1. The van der Waals surface area contributed by atoms with E-state index in [0.717, 1.165) is 38.8 Å². The molecule has 3 heteroatoms. The largest absolute Gasteiger partial charge is 0.356 e. The fourth-order valence-corrected chi connectivity index (χ4v) is 1.76. The molecule has 0 spiro atoms. The fourth-order valence-electron chi connectivity index (χ4n) is 1.76. The molecule has 0 bridgehead atoms. The summed E-state index contributed by atoms with van der Waals surface area (Å²) in [5.41, 5.74) is 0. The van der Waals surface area contributed by atoms with E-state index >= 15 is 0 Å². The number of hydrogen-bond donors (Lipinski definition) is 2. The third-order valence-electron chi connectivity index (χ3n) is 2.86. The molecule has 0 radical (unpaired) electrons. The Labute approximate surface area is 86.6 Å². The first kappa shape index (κ1) is 11.5. The highest BCUT2D eigenvalue weighted by Crippen LogP contribution is 2.13. The quantitative estimate of drug-likeness (QED) is 0.668. The molecule has 0 unspecified atom stereocenters. The molecule has 1 amide bonds. The second-order valence-corrected chi connectivity index (χ2v) is 4.23. The van der Waals surface area contributed by atoms with E-state index in [1.807, 2.05) is 0 Å². The smallest absolute Gasteiger partial charge is 0.224 e. The topological polar surface area (TPSA) is 41.1 Å². The summed E-state index contributed by atoms with van der Waals surface area (Å²) < 4.78 is 0. The highest BCUT2D eigenvalue weighted by atomic mass is 16.1. The number of carbonyl (C=O) groups is 1. The highest BCUT2D eigenvalue weighted by Gasteiger charge is 2.23. The number of hydrogen-bond acceptors (Lipinski definition) is 2. The van der Waals surface area contributed by atoms with Crippen molar-refractivity contribution in [3.63, 3.8) is 0 Å². The minimum atomic E-state index is 0.197. The number of unbranched alkanes of at least 4 members (excludes halogenated alkanes) is 1. The van der Waals surface area contributed by atoms with E-state index in [4.69, 9.17) is 0 Å². The molecule has 0 aromatic heterocycles. The minimum Gasteiger partial charge on any atom is -0.356 e. The first-order valence-corrected chi connectivity index (χ1v) is 5.75. The van der Waals surface area contributed by atoms with Crippen LogP contribution >= 0.6 is 0 Å². The molecule has 1 saturated heterocycles. The number of piperidine rings is 1. The molecule has 82 valence electrons. The number of amides is 1. The van der Waals surface area contributed by atoms with E-state index in [0.29, 0.717) is 6.04 Å². The van der Waals surface area contributed by atoms with Crippen molar-refractivity contribution in [2.75, 3.05) is 13.1 Å². The van der Waals surface area contributed by atoms with Crippen molar-refractivity contribution >= 4 is 5.91 Å². The first-order chi connectivity index (χ1) is 6.74. The summed E-state index contributed by atoms with van der Waals surface area (Å²) in [4.78, 5) is 11.6. The van der Waals surface area contributed by atoms with Gasteiger partial charge in [0.2, 0.25) is 5.91 Å². The molecule has 2 N–H and O–H groups in total. The summed E-state index contributed by atoms with van der Waals surface area (Å²) in [6, 6.07) is 0.578. The second-order valence-electron chi connectivity index (χ2n) is 4.23. The Hall–Kier alpha value is -0.570. The third kappa shape index (κ3) is 3.66. The van der Waals surface area contributed by atoms with Gasteiger partial charge in [-0.1, -0.05) is 13.3 Å². The van der Waals surface area contributed by atoms with E-state index in [2.05, 4.69) is 24.5 Å². The van der Waals surface area contributed by atoms with E-state index in [1.165, 1.54) is 0 Å². The summed E-state index contributed by atoms with van der Waals surface area (Å²) in [5, 5.41) is 6.33. The zero-order valence-electron chi connectivity index (χ0n) is 9.31. The summed E-state index contributed by atoms with van der Waals surface area (Å²) in [6.45, 7) is 5.99. The lowest BCUT2D eigenvalue weighted by Gasteiger charge is -2.26. The van der Waals surface area contributed by atoms with Crippen molar-refractivity contribution in [2.45, 2.75) is 45.6 Å². The number of nitrogens with one attached hydrogen (secondary N) is 2. The van der Waals surface area contributed by atoms with Crippen LogP contribution in [-0.2, 0) is 4.79 Å². The van der Waals surface area contributed by atoms with E-state index in [9.17, 15) is 4.79 Å². The van der Waals surface area contributed by atoms with Crippen LogP contribution < -0.4 is 10.6 Å². The molecule has 0 aromatic rings.